The van der Waals surface area contributed by atoms with Crippen molar-refractivity contribution in [2.45, 2.75) is 9.79 Å². The number of hydrazine groups is 1. The van der Waals surface area contributed by atoms with E-state index in [0.717, 1.165) is 18.2 Å². The second-order valence-electron chi connectivity index (χ2n) is 3.84. The Balaban J connectivity index is 0.00000220. The Kier molecular flexibility index (Phi) is 8.00. The van der Waals surface area contributed by atoms with Gasteiger partial charge < -0.3 is 14.5 Å². The van der Waals surface area contributed by atoms with Crippen LogP contribution in [0, 0.1) is 0 Å². The van der Waals surface area contributed by atoms with Gasteiger partial charge in [-0.05, 0) is 18.2 Å². The Morgan fingerprint density at radius 1 is 0.864 bits per heavy atom. The minimum atomic E-state index is -4.87. The summed E-state index contributed by atoms with van der Waals surface area (Å²) in [6.45, 7) is 0. The second kappa shape index (κ2) is 7.90. The third-order valence-electron chi connectivity index (χ3n) is 2.66. The van der Waals surface area contributed by atoms with Crippen molar-refractivity contribution < 1.29 is 85.1 Å². The largest absolute Gasteiger partial charge is 1.00 e. The minimum Gasteiger partial charge on any atom is -0.744 e. The molecule has 0 aliphatic carbocycles. The molecule has 0 radical (unpaired) electrons. The van der Waals surface area contributed by atoms with Crippen LogP contribution in [0.3, 0.4) is 0 Å². The maximum atomic E-state index is 11.2. The van der Waals surface area contributed by atoms with E-state index < -0.39 is 30.0 Å². The molecule has 2 aromatic rings. The first-order valence-electron chi connectivity index (χ1n) is 5.10. The van der Waals surface area contributed by atoms with Crippen molar-refractivity contribution in [3.8, 4) is 0 Å². The van der Waals surface area contributed by atoms with Gasteiger partial charge in [0.25, 0.3) is 0 Å². The Bertz CT molecular complexity index is 899. The van der Waals surface area contributed by atoms with Crippen molar-refractivity contribution in [2.24, 2.45) is 5.84 Å². The van der Waals surface area contributed by atoms with Crippen molar-refractivity contribution >= 4 is 36.7 Å². The minimum absolute atomic E-state index is 0. The van der Waals surface area contributed by atoms with Crippen LogP contribution in [0.15, 0.2) is 40.1 Å². The van der Waals surface area contributed by atoms with Crippen LogP contribution in [0.1, 0.15) is 0 Å². The molecule has 3 N–H and O–H groups in total. The van der Waals surface area contributed by atoms with E-state index in [4.69, 9.17) is 5.84 Å². The van der Waals surface area contributed by atoms with Crippen molar-refractivity contribution in [1.82, 2.24) is 0 Å². The van der Waals surface area contributed by atoms with Crippen LogP contribution in [-0.4, -0.2) is 25.9 Å². The molecule has 0 bridgehead atoms. The number of rotatable bonds is 3. The molecule has 12 heteroatoms. The molecule has 0 atom stereocenters. The second-order valence-corrected chi connectivity index (χ2v) is 6.54. The molecule has 0 heterocycles. The van der Waals surface area contributed by atoms with Gasteiger partial charge in [-0.1, -0.05) is 12.1 Å². The first-order chi connectivity index (χ1) is 9.16. The first-order valence-corrected chi connectivity index (χ1v) is 7.92. The summed E-state index contributed by atoms with van der Waals surface area (Å²) in [5.41, 5.74) is 2.18. The number of hydrogen-bond acceptors (Lipinski definition) is 8. The van der Waals surface area contributed by atoms with Gasteiger partial charge in [-0.25, -0.2) is 16.8 Å². The molecule has 0 aromatic heterocycles. The van der Waals surface area contributed by atoms with E-state index in [-0.39, 0.29) is 75.6 Å². The summed E-state index contributed by atoms with van der Waals surface area (Å²) in [5, 5.41) is -0.422. The zero-order valence-electron chi connectivity index (χ0n) is 11.7. The zero-order chi connectivity index (χ0) is 15.1. The zero-order valence-corrected chi connectivity index (χ0v) is 17.4. The molecule has 0 amide bonds. The van der Waals surface area contributed by atoms with E-state index in [0.29, 0.717) is 0 Å². The third kappa shape index (κ3) is 4.42. The summed E-state index contributed by atoms with van der Waals surface area (Å²) in [6, 6.07) is 5.49. The number of nitrogens with one attached hydrogen (secondary N) is 1. The van der Waals surface area contributed by atoms with Crippen LogP contribution >= 0.6 is 0 Å². The fraction of sp³-hybridized carbons (Fsp3) is 0. The SMILES string of the molecule is NNc1ccc(S(=O)(=O)[O-])c2cccc(S(=O)(=O)[O-])c12.[Na+].[Na+]. The Hall–Kier alpha value is 0.280. The number of anilines is 1. The van der Waals surface area contributed by atoms with Gasteiger partial charge in [0.1, 0.15) is 20.2 Å². The van der Waals surface area contributed by atoms with E-state index in [1.54, 1.807) is 0 Å². The maximum absolute atomic E-state index is 11.2. The van der Waals surface area contributed by atoms with Gasteiger partial charge in [0.05, 0.1) is 15.5 Å². The summed E-state index contributed by atoms with van der Waals surface area (Å²) in [4.78, 5) is -1.29. The molecule has 0 saturated heterocycles. The molecular formula is C10H8N2Na2O6S2. The summed E-state index contributed by atoms with van der Waals surface area (Å²) in [5.74, 6) is 5.21. The number of hydrogen-bond donors (Lipinski definition) is 2. The number of fused-ring (bicyclic) bond motifs is 1. The standard InChI is InChI=1S/C10H10N2O6S2.2Na/c11-12-7-4-5-8(19(13,14)15)6-2-1-3-9(10(6)7)20(16,17)18;;/h1-5,12H,11H2,(H,13,14,15)(H,16,17,18);;/q;2*+1/p-2. The fourth-order valence-corrected chi connectivity index (χ4v) is 3.28. The van der Waals surface area contributed by atoms with Gasteiger partial charge >= 0.3 is 59.1 Å². The van der Waals surface area contributed by atoms with Crippen LogP contribution in [0.25, 0.3) is 10.8 Å². The van der Waals surface area contributed by atoms with E-state index in [1.807, 2.05) is 0 Å². The molecule has 2 aromatic carbocycles. The first kappa shape index (κ1) is 22.3. The average molecular weight is 362 g/mol. The van der Waals surface area contributed by atoms with Crippen molar-refractivity contribution in [3.05, 3.63) is 30.3 Å². The van der Waals surface area contributed by atoms with Gasteiger partial charge in [0.15, 0.2) is 0 Å². The van der Waals surface area contributed by atoms with Gasteiger partial charge in [0, 0.05) is 10.8 Å². The quantitative estimate of drug-likeness (QED) is 0.237. The van der Waals surface area contributed by atoms with Gasteiger partial charge in [-0.2, -0.15) is 0 Å². The van der Waals surface area contributed by atoms with Crippen LogP contribution < -0.4 is 70.4 Å². The van der Waals surface area contributed by atoms with Crippen molar-refractivity contribution in [3.63, 3.8) is 0 Å². The molecule has 0 unspecified atom stereocenters. The normalized spacial score (nSPS) is 11.4. The van der Waals surface area contributed by atoms with Crippen LogP contribution in [0.5, 0.6) is 0 Å². The monoisotopic (exact) mass is 362 g/mol. The molecular weight excluding hydrogens is 354 g/mol. The molecule has 0 aliphatic rings. The maximum Gasteiger partial charge on any atom is 1.00 e. The van der Waals surface area contributed by atoms with Crippen molar-refractivity contribution in [2.75, 3.05) is 5.43 Å². The molecule has 108 valence electrons. The van der Waals surface area contributed by atoms with Crippen LogP contribution in [-0.2, 0) is 20.2 Å². The van der Waals surface area contributed by atoms with E-state index in [2.05, 4.69) is 5.43 Å². The Labute approximate surface area is 171 Å². The molecule has 0 fully saturated rings. The predicted octanol–water partition coefficient (Wildman–Crippen LogP) is -6.06. The van der Waals surface area contributed by atoms with Crippen molar-refractivity contribution in [1.29, 1.82) is 0 Å². The molecule has 8 nitrogen and oxygen atoms in total. The summed E-state index contributed by atoms with van der Waals surface area (Å²) >= 11 is 0. The molecule has 2 rings (SSSR count). The van der Waals surface area contributed by atoms with Gasteiger partial charge in [-0.15, -0.1) is 0 Å². The molecule has 0 spiro atoms. The van der Waals surface area contributed by atoms with Crippen LogP contribution in [0.2, 0.25) is 0 Å². The number of benzene rings is 2. The summed E-state index contributed by atoms with van der Waals surface area (Å²) in [7, 11) is -9.70. The van der Waals surface area contributed by atoms with Gasteiger partial charge in [0.2, 0.25) is 0 Å². The Morgan fingerprint density at radius 2 is 1.41 bits per heavy atom. The molecule has 0 aliphatic heterocycles. The summed E-state index contributed by atoms with van der Waals surface area (Å²) < 4.78 is 67.2. The average Bonchev–Trinajstić information content (AvgIpc) is 2.34. The van der Waals surface area contributed by atoms with E-state index >= 15 is 0 Å². The third-order valence-corrected chi connectivity index (χ3v) is 4.43. The van der Waals surface area contributed by atoms with E-state index in [1.165, 1.54) is 12.1 Å². The fourth-order valence-electron chi connectivity index (χ4n) is 1.89. The Morgan fingerprint density at radius 3 is 1.86 bits per heavy atom. The number of nitrogens with two attached hydrogens (primary N) is 1. The molecule has 22 heavy (non-hydrogen) atoms. The van der Waals surface area contributed by atoms with E-state index in [9.17, 15) is 25.9 Å². The predicted molar refractivity (Wildman–Crippen MR) is 67.7 cm³/mol. The topological polar surface area (TPSA) is 152 Å². The van der Waals surface area contributed by atoms with Gasteiger partial charge in [-0.3, -0.25) is 5.84 Å². The smallest absolute Gasteiger partial charge is 0.744 e. The molecule has 0 saturated carbocycles. The van der Waals surface area contributed by atoms with Crippen LogP contribution in [0.4, 0.5) is 5.69 Å². The summed E-state index contributed by atoms with van der Waals surface area (Å²) in [6.07, 6.45) is 0. The number of nitrogen functional groups attached to an aromatic ring is 1.